The Morgan fingerprint density at radius 3 is 2.02 bits per heavy atom. The molecule has 49 heavy (non-hydrogen) atoms. The fourth-order valence-corrected chi connectivity index (χ4v) is 4.57. The van der Waals surface area contributed by atoms with Gasteiger partial charge in [-0.25, -0.2) is 21.7 Å². The lowest BCUT2D eigenvalue weighted by Crippen LogP contribution is -2.60. The molecule has 8 N–H and O–H groups in total. The van der Waals surface area contributed by atoms with E-state index >= 15 is 0 Å². The minimum absolute atomic E-state index is 0.00863. The van der Waals surface area contributed by atoms with Crippen LogP contribution in [0.4, 0.5) is 0 Å². The SMILES string of the molecule is CCCOCC(=O)[C@H](C)NCC(=O)[C@H](CS)NN[C@H](C(=O)NCC(=O)C(=O)[C@H](CS)NNC(Cc1ccc(O)cc1)C(=O)OCC)[C@@H](C)O. The minimum Gasteiger partial charge on any atom is -0.508 e. The number of phenolic OH excluding ortho intramolecular Hbond substituents is 1. The number of hydrogen-bond acceptors (Lipinski definition) is 17. The fourth-order valence-electron chi connectivity index (χ4n) is 4.01. The molecule has 0 aliphatic rings. The standard InChI is InChI=1S/C31H50N6O10S2/c1-5-11-46-15-27(42)18(3)32-13-25(40)23(16-48)35-37-28(19(4)38)30(44)33-14-26(41)29(43)24(17-49)36-34-22(31(45)47-6-2)12-20-7-9-21(39)10-8-20/h7-10,18-19,22-24,28,32,34-39,48-49H,5-6,11-17H2,1-4H3,(H,33,44)/t18-,19+,22?,23-,24-,28-/m0/s1. The number of aliphatic hydroxyl groups excluding tert-OH is 1. The van der Waals surface area contributed by atoms with Gasteiger partial charge in [-0.15, -0.1) is 0 Å². The molecule has 1 aromatic rings. The zero-order valence-corrected chi connectivity index (χ0v) is 30.0. The van der Waals surface area contributed by atoms with E-state index in [0.717, 1.165) is 6.42 Å². The van der Waals surface area contributed by atoms with Gasteiger partial charge in [0.1, 0.15) is 24.4 Å². The van der Waals surface area contributed by atoms with Crippen molar-refractivity contribution in [3.05, 3.63) is 29.8 Å². The number of ether oxygens (including phenoxy) is 2. The molecule has 0 aliphatic heterocycles. The predicted octanol–water partition coefficient (Wildman–Crippen LogP) is -1.80. The predicted molar refractivity (Wildman–Crippen MR) is 187 cm³/mol. The van der Waals surface area contributed by atoms with E-state index in [0.29, 0.717) is 12.2 Å². The summed E-state index contributed by atoms with van der Waals surface area (Å²) in [5, 5.41) is 24.8. The van der Waals surface area contributed by atoms with Crippen LogP contribution in [0.15, 0.2) is 24.3 Å². The van der Waals surface area contributed by atoms with Crippen LogP contribution < -0.4 is 32.3 Å². The van der Waals surface area contributed by atoms with E-state index in [1.54, 1.807) is 26.0 Å². The van der Waals surface area contributed by atoms with Gasteiger partial charge in [-0.2, -0.15) is 25.3 Å². The van der Waals surface area contributed by atoms with E-state index < -0.39 is 66.3 Å². The number of rotatable bonds is 27. The lowest BCUT2D eigenvalue weighted by Gasteiger charge is -2.25. The van der Waals surface area contributed by atoms with Crippen LogP contribution in [0.3, 0.4) is 0 Å². The number of Topliss-reactive ketones (excluding diaryl/α,β-unsaturated/α-hetero) is 4. The molecule has 6 atom stereocenters. The van der Waals surface area contributed by atoms with Crippen molar-refractivity contribution in [2.45, 2.75) is 76.8 Å². The number of phenols is 1. The normalized spacial score (nSPS) is 14.9. The fraction of sp³-hybridized carbons (Fsp3) is 0.613. The van der Waals surface area contributed by atoms with Gasteiger partial charge in [0, 0.05) is 18.1 Å². The van der Waals surface area contributed by atoms with Crippen LogP contribution >= 0.6 is 25.3 Å². The Hall–Kier alpha value is -2.94. The topological polar surface area (TPSA) is 234 Å². The number of thiol groups is 2. The highest BCUT2D eigenvalue weighted by Gasteiger charge is 2.30. The van der Waals surface area contributed by atoms with Gasteiger partial charge in [0.2, 0.25) is 17.5 Å². The van der Waals surface area contributed by atoms with Gasteiger partial charge in [0.15, 0.2) is 11.6 Å². The first-order chi connectivity index (χ1) is 23.3. The Bertz CT molecular complexity index is 1220. The molecule has 0 radical (unpaired) electrons. The summed E-state index contributed by atoms with van der Waals surface area (Å²) in [5.41, 5.74) is 11.3. The maximum Gasteiger partial charge on any atom is 0.324 e. The summed E-state index contributed by atoms with van der Waals surface area (Å²) < 4.78 is 10.3. The van der Waals surface area contributed by atoms with Crippen LogP contribution in [0.2, 0.25) is 0 Å². The molecule has 0 saturated heterocycles. The average Bonchev–Trinajstić information content (AvgIpc) is 3.08. The molecule has 1 amide bonds. The largest absolute Gasteiger partial charge is 0.508 e. The molecule has 0 spiro atoms. The van der Waals surface area contributed by atoms with Crippen LogP contribution in [0.25, 0.3) is 0 Å². The molecule has 16 nitrogen and oxygen atoms in total. The minimum atomic E-state index is -1.34. The lowest BCUT2D eigenvalue weighted by atomic mass is 10.1. The third-order valence-corrected chi connectivity index (χ3v) is 7.71. The number of carbonyl (C=O) groups excluding carboxylic acids is 6. The number of nitrogens with one attached hydrogen (secondary N) is 6. The summed E-state index contributed by atoms with van der Waals surface area (Å²) in [6.07, 6.45) is -0.390. The van der Waals surface area contributed by atoms with Gasteiger partial charge in [-0.1, -0.05) is 19.1 Å². The number of benzene rings is 1. The smallest absolute Gasteiger partial charge is 0.324 e. The Labute approximate surface area is 297 Å². The van der Waals surface area contributed by atoms with E-state index in [1.165, 1.54) is 19.1 Å². The number of amides is 1. The van der Waals surface area contributed by atoms with E-state index in [4.69, 9.17) is 9.47 Å². The summed E-state index contributed by atoms with van der Waals surface area (Å²) >= 11 is 8.30. The lowest BCUT2D eigenvalue weighted by molar-refractivity contribution is -0.146. The molecular weight excluding hydrogens is 681 g/mol. The summed E-state index contributed by atoms with van der Waals surface area (Å²) in [6.45, 7) is 6.06. The quantitative estimate of drug-likeness (QED) is 0.0158. The number of hydrazine groups is 2. The highest BCUT2D eigenvalue weighted by molar-refractivity contribution is 7.80. The van der Waals surface area contributed by atoms with Gasteiger partial charge >= 0.3 is 5.97 Å². The third-order valence-electron chi connectivity index (χ3n) is 6.98. The zero-order valence-electron chi connectivity index (χ0n) is 28.2. The van der Waals surface area contributed by atoms with Gasteiger partial charge in [0.05, 0.1) is 43.9 Å². The number of carbonyl (C=O) groups is 6. The number of aromatic hydroxyl groups is 1. The zero-order chi connectivity index (χ0) is 36.9. The monoisotopic (exact) mass is 730 g/mol. The molecule has 0 bridgehead atoms. The first-order valence-corrected chi connectivity index (χ1v) is 17.1. The van der Waals surface area contributed by atoms with E-state index in [2.05, 4.69) is 57.6 Å². The van der Waals surface area contributed by atoms with Crippen molar-refractivity contribution < 1.29 is 48.5 Å². The second-order valence-electron chi connectivity index (χ2n) is 11.0. The number of ketones is 4. The second kappa shape index (κ2) is 24.2. The number of hydrogen-bond donors (Lipinski definition) is 10. The van der Waals surface area contributed by atoms with Crippen molar-refractivity contribution in [2.24, 2.45) is 0 Å². The molecule has 0 aromatic heterocycles. The van der Waals surface area contributed by atoms with Crippen molar-refractivity contribution in [3.63, 3.8) is 0 Å². The molecule has 18 heteroatoms. The summed E-state index contributed by atoms with van der Waals surface area (Å²) in [5.74, 6) is -4.06. The molecule has 0 fully saturated rings. The van der Waals surface area contributed by atoms with Crippen molar-refractivity contribution in [1.82, 2.24) is 32.3 Å². The van der Waals surface area contributed by atoms with Crippen molar-refractivity contribution in [1.29, 1.82) is 0 Å². The number of aliphatic hydroxyl groups is 1. The van der Waals surface area contributed by atoms with E-state index in [9.17, 15) is 39.0 Å². The Morgan fingerprint density at radius 2 is 1.45 bits per heavy atom. The van der Waals surface area contributed by atoms with Crippen LogP contribution in [0.5, 0.6) is 5.75 Å². The molecule has 0 saturated carbocycles. The Balaban J connectivity index is 2.71. The Kier molecular flexibility index (Phi) is 21.8. The molecule has 1 unspecified atom stereocenters. The van der Waals surface area contributed by atoms with Crippen molar-refractivity contribution in [2.75, 3.05) is 44.4 Å². The van der Waals surface area contributed by atoms with Crippen LogP contribution in [0, 0.1) is 0 Å². The maximum atomic E-state index is 12.9. The van der Waals surface area contributed by atoms with E-state index in [1.807, 2.05) is 6.92 Å². The van der Waals surface area contributed by atoms with Gasteiger partial charge in [-0.3, -0.25) is 28.8 Å². The van der Waals surface area contributed by atoms with Gasteiger partial charge in [0.25, 0.3) is 0 Å². The van der Waals surface area contributed by atoms with Crippen LogP contribution in [-0.2, 0) is 44.7 Å². The highest BCUT2D eigenvalue weighted by Crippen LogP contribution is 2.12. The van der Waals surface area contributed by atoms with Gasteiger partial charge < -0.3 is 30.3 Å². The second-order valence-corrected chi connectivity index (χ2v) is 11.8. The Morgan fingerprint density at radius 1 is 0.837 bits per heavy atom. The maximum absolute atomic E-state index is 12.9. The van der Waals surface area contributed by atoms with Crippen LogP contribution in [0.1, 0.15) is 39.7 Å². The molecule has 1 aromatic carbocycles. The van der Waals surface area contributed by atoms with Crippen LogP contribution in [-0.4, -0.2) is 126 Å². The summed E-state index contributed by atoms with van der Waals surface area (Å²) in [7, 11) is 0. The summed E-state index contributed by atoms with van der Waals surface area (Å²) in [4.78, 5) is 75.8. The van der Waals surface area contributed by atoms with E-state index in [-0.39, 0.29) is 55.0 Å². The molecule has 0 aliphatic carbocycles. The molecule has 1 rings (SSSR count). The molecule has 276 valence electrons. The van der Waals surface area contributed by atoms with Crippen molar-refractivity contribution in [3.8, 4) is 5.75 Å². The van der Waals surface area contributed by atoms with Crippen molar-refractivity contribution >= 4 is 60.3 Å². The summed E-state index contributed by atoms with van der Waals surface area (Å²) in [6, 6.07) is 1.11. The molecule has 0 heterocycles. The third kappa shape index (κ3) is 16.5. The molecular formula is C31H50N6O10S2. The number of esters is 1. The highest BCUT2D eigenvalue weighted by atomic mass is 32.1. The first-order valence-electron chi connectivity index (χ1n) is 15.9. The first kappa shape index (κ1) is 44.1. The van der Waals surface area contributed by atoms with Gasteiger partial charge in [-0.05, 0) is 51.3 Å². The average molecular weight is 731 g/mol.